The summed E-state index contributed by atoms with van der Waals surface area (Å²) in [6.45, 7) is 7.70. The third-order valence-corrected chi connectivity index (χ3v) is 4.34. The first kappa shape index (κ1) is 16.6. The van der Waals surface area contributed by atoms with Crippen LogP contribution in [0.4, 0.5) is 0 Å². The van der Waals surface area contributed by atoms with E-state index in [1.165, 1.54) is 11.1 Å². The number of methoxy groups -OCH3 is 2. The number of amides is 1. The van der Waals surface area contributed by atoms with Gasteiger partial charge in [-0.05, 0) is 43.1 Å². The molecule has 0 fully saturated rings. The van der Waals surface area contributed by atoms with E-state index in [0.29, 0.717) is 0 Å². The lowest BCUT2D eigenvalue weighted by Crippen LogP contribution is -2.47. The van der Waals surface area contributed by atoms with Crippen LogP contribution in [0.5, 0.6) is 11.5 Å². The molecule has 1 aliphatic rings. The molecular weight excluding hydrogens is 280 g/mol. The van der Waals surface area contributed by atoms with Crippen LogP contribution >= 0.6 is 0 Å². The van der Waals surface area contributed by atoms with Gasteiger partial charge < -0.3 is 14.8 Å². The number of fused-ring (bicyclic) bond motifs is 1. The number of nitrogens with one attached hydrogen (secondary N) is 1. The lowest BCUT2D eigenvalue weighted by atomic mass is 9.88. The van der Waals surface area contributed by atoms with E-state index in [1.54, 1.807) is 21.1 Å². The minimum absolute atomic E-state index is 0.00356. The van der Waals surface area contributed by atoms with Crippen LogP contribution in [0.1, 0.15) is 37.9 Å². The number of hydrogen-bond donors (Lipinski definition) is 1. The number of benzene rings is 1. The minimum Gasteiger partial charge on any atom is -0.493 e. The summed E-state index contributed by atoms with van der Waals surface area (Å²) >= 11 is 0. The van der Waals surface area contributed by atoms with E-state index in [1.807, 2.05) is 0 Å². The van der Waals surface area contributed by atoms with Crippen LogP contribution in [0.15, 0.2) is 12.1 Å². The smallest absolute Gasteiger partial charge is 0.217 e. The Balaban J connectivity index is 2.46. The van der Waals surface area contributed by atoms with Gasteiger partial charge in [0, 0.05) is 19.5 Å². The largest absolute Gasteiger partial charge is 0.493 e. The van der Waals surface area contributed by atoms with Crippen molar-refractivity contribution in [3.63, 3.8) is 0 Å². The van der Waals surface area contributed by atoms with Crippen LogP contribution in [0.2, 0.25) is 0 Å². The Labute approximate surface area is 132 Å². The van der Waals surface area contributed by atoms with Crippen LogP contribution in [0.3, 0.4) is 0 Å². The van der Waals surface area contributed by atoms with Gasteiger partial charge in [0.1, 0.15) is 0 Å². The van der Waals surface area contributed by atoms with Crippen molar-refractivity contribution in [1.29, 1.82) is 0 Å². The van der Waals surface area contributed by atoms with Gasteiger partial charge in [-0.2, -0.15) is 0 Å². The highest BCUT2D eigenvalue weighted by atomic mass is 16.5. The van der Waals surface area contributed by atoms with Gasteiger partial charge >= 0.3 is 0 Å². The lowest BCUT2D eigenvalue weighted by molar-refractivity contribution is -0.120. The standard InChI is InChI=1S/C17H26N2O3/c1-6-19-8-7-13-9-15(21-4)16(22-5)10-14(13)17(19)11(2)18-12(3)20/h9-11,17H,6-8H2,1-5H3,(H,18,20)/t11-,17+/m1/s1. The monoisotopic (exact) mass is 306 g/mol. The molecule has 0 aliphatic carbocycles. The minimum atomic E-state index is -0.00356. The quantitative estimate of drug-likeness (QED) is 0.905. The van der Waals surface area contributed by atoms with E-state index in [4.69, 9.17) is 9.47 Å². The Morgan fingerprint density at radius 3 is 2.55 bits per heavy atom. The Morgan fingerprint density at radius 2 is 2.00 bits per heavy atom. The summed E-state index contributed by atoms with van der Waals surface area (Å²) in [5, 5.41) is 3.03. The fraction of sp³-hybridized carbons (Fsp3) is 0.588. The summed E-state index contributed by atoms with van der Waals surface area (Å²) in [4.78, 5) is 13.9. The van der Waals surface area contributed by atoms with Gasteiger partial charge in [0.15, 0.2) is 11.5 Å². The second-order valence-electron chi connectivity index (χ2n) is 5.72. The summed E-state index contributed by atoms with van der Waals surface area (Å²) in [7, 11) is 3.31. The Kier molecular flexibility index (Phi) is 5.29. The second kappa shape index (κ2) is 7.01. The predicted molar refractivity (Wildman–Crippen MR) is 86.5 cm³/mol. The van der Waals surface area contributed by atoms with Crippen molar-refractivity contribution in [2.45, 2.75) is 39.3 Å². The summed E-state index contributed by atoms with van der Waals surface area (Å²) < 4.78 is 10.9. The van der Waals surface area contributed by atoms with Gasteiger partial charge in [-0.3, -0.25) is 9.69 Å². The number of carbonyl (C=O) groups is 1. The van der Waals surface area contributed by atoms with E-state index in [9.17, 15) is 4.79 Å². The van der Waals surface area contributed by atoms with Gasteiger partial charge in [-0.25, -0.2) is 0 Å². The van der Waals surface area contributed by atoms with Crippen LogP contribution in [0.25, 0.3) is 0 Å². The summed E-state index contributed by atoms with van der Waals surface area (Å²) in [5.41, 5.74) is 2.48. The predicted octanol–water partition coefficient (Wildman–Crippen LogP) is 2.15. The Hall–Kier alpha value is -1.75. The van der Waals surface area contributed by atoms with Crippen LogP contribution in [-0.2, 0) is 11.2 Å². The summed E-state index contributed by atoms with van der Waals surface area (Å²) in [6, 6.07) is 4.31. The molecule has 5 nitrogen and oxygen atoms in total. The first-order valence-electron chi connectivity index (χ1n) is 7.77. The molecule has 0 bridgehead atoms. The lowest BCUT2D eigenvalue weighted by Gasteiger charge is -2.40. The van der Waals surface area contributed by atoms with Gasteiger partial charge in [0.05, 0.1) is 20.3 Å². The average Bonchev–Trinajstić information content (AvgIpc) is 2.51. The Morgan fingerprint density at radius 1 is 1.36 bits per heavy atom. The maximum atomic E-state index is 11.5. The Bertz CT molecular complexity index is 545. The molecule has 1 aromatic rings. The first-order chi connectivity index (χ1) is 10.5. The van der Waals surface area contributed by atoms with Crippen molar-refractivity contribution in [3.05, 3.63) is 23.3 Å². The molecule has 22 heavy (non-hydrogen) atoms. The number of likely N-dealkylation sites (N-methyl/N-ethyl adjacent to an activating group) is 1. The van der Waals surface area contributed by atoms with Crippen LogP contribution < -0.4 is 14.8 Å². The fourth-order valence-electron chi connectivity index (χ4n) is 3.37. The zero-order valence-electron chi connectivity index (χ0n) is 14.1. The molecular formula is C17H26N2O3. The van der Waals surface area contributed by atoms with E-state index < -0.39 is 0 Å². The highest BCUT2D eigenvalue weighted by Gasteiger charge is 2.32. The van der Waals surface area contributed by atoms with E-state index in [0.717, 1.165) is 31.0 Å². The molecule has 1 N–H and O–H groups in total. The number of ether oxygens (including phenoxy) is 2. The van der Waals surface area contributed by atoms with Gasteiger partial charge in [-0.1, -0.05) is 6.92 Å². The van der Waals surface area contributed by atoms with Crippen molar-refractivity contribution >= 4 is 5.91 Å². The third-order valence-electron chi connectivity index (χ3n) is 4.34. The first-order valence-corrected chi connectivity index (χ1v) is 7.77. The average molecular weight is 306 g/mol. The van der Waals surface area contributed by atoms with Crippen molar-refractivity contribution in [2.75, 3.05) is 27.3 Å². The number of carbonyl (C=O) groups excluding carboxylic acids is 1. The van der Waals surface area contributed by atoms with Crippen molar-refractivity contribution < 1.29 is 14.3 Å². The zero-order valence-corrected chi connectivity index (χ0v) is 14.1. The molecule has 122 valence electrons. The molecule has 1 amide bonds. The van der Waals surface area contributed by atoms with E-state index >= 15 is 0 Å². The molecule has 0 saturated carbocycles. The zero-order chi connectivity index (χ0) is 16.3. The molecule has 0 aromatic heterocycles. The van der Waals surface area contributed by atoms with E-state index in [2.05, 4.69) is 36.2 Å². The van der Waals surface area contributed by atoms with Crippen molar-refractivity contribution in [3.8, 4) is 11.5 Å². The van der Waals surface area contributed by atoms with Crippen molar-refractivity contribution in [1.82, 2.24) is 10.2 Å². The van der Waals surface area contributed by atoms with Crippen molar-refractivity contribution in [2.24, 2.45) is 0 Å². The van der Waals surface area contributed by atoms with Gasteiger partial charge in [0.25, 0.3) is 0 Å². The van der Waals surface area contributed by atoms with Crippen LogP contribution in [-0.4, -0.2) is 44.2 Å². The highest BCUT2D eigenvalue weighted by Crippen LogP contribution is 2.39. The van der Waals surface area contributed by atoms with E-state index in [-0.39, 0.29) is 18.0 Å². The number of nitrogens with zero attached hydrogens (tertiary/aromatic N) is 1. The molecule has 1 aromatic carbocycles. The maximum Gasteiger partial charge on any atom is 0.217 e. The molecule has 5 heteroatoms. The number of hydrogen-bond acceptors (Lipinski definition) is 4. The SMILES string of the molecule is CCN1CCc2cc(OC)c(OC)cc2[C@@H]1[C@@H](C)NC(C)=O. The maximum absolute atomic E-state index is 11.5. The molecule has 0 spiro atoms. The molecule has 0 saturated heterocycles. The topological polar surface area (TPSA) is 50.8 Å². The molecule has 0 radical (unpaired) electrons. The summed E-state index contributed by atoms with van der Waals surface area (Å²) in [5.74, 6) is 1.49. The fourth-order valence-corrected chi connectivity index (χ4v) is 3.37. The highest BCUT2D eigenvalue weighted by molar-refractivity contribution is 5.73. The molecule has 2 atom stereocenters. The third kappa shape index (κ3) is 3.19. The second-order valence-corrected chi connectivity index (χ2v) is 5.72. The summed E-state index contributed by atoms with van der Waals surface area (Å²) in [6.07, 6.45) is 0.979. The van der Waals surface area contributed by atoms with Crippen LogP contribution in [0, 0.1) is 0 Å². The number of rotatable bonds is 5. The normalized spacial score (nSPS) is 19.2. The van der Waals surface area contributed by atoms with Gasteiger partial charge in [-0.15, -0.1) is 0 Å². The molecule has 2 rings (SSSR count). The van der Waals surface area contributed by atoms with Gasteiger partial charge in [0.2, 0.25) is 5.91 Å². The molecule has 1 heterocycles. The molecule has 1 aliphatic heterocycles. The molecule has 0 unspecified atom stereocenters.